The molecule has 0 N–H and O–H groups in total. The summed E-state index contributed by atoms with van der Waals surface area (Å²) in [6.45, 7) is 0. The number of hydrogen-bond acceptors (Lipinski definition) is 3. The molecule has 37 heavy (non-hydrogen) atoms. The van der Waals surface area contributed by atoms with Crippen LogP contribution >= 0.6 is 0 Å². The number of pyridine rings is 1. The average molecular weight is 481 g/mol. The monoisotopic (exact) mass is 480 g/mol. The molecule has 0 unspecified atom stereocenters. The maximum Gasteiger partial charge on any atom is 0.138 e. The maximum absolute atomic E-state index is 5.42. The van der Waals surface area contributed by atoms with E-state index in [1.54, 1.807) is 14.2 Å². The van der Waals surface area contributed by atoms with Gasteiger partial charge in [-0.15, -0.1) is 0 Å². The van der Waals surface area contributed by atoms with Crippen molar-refractivity contribution in [2.24, 2.45) is 0 Å². The number of benzene rings is 5. The van der Waals surface area contributed by atoms with Gasteiger partial charge in [-0.3, -0.25) is 4.40 Å². The highest BCUT2D eigenvalue weighted by molar-refractivity contribution is 6.25. The van der Waals surface area contributed by atoms with E-state index in [0.29, 0.717) is 0 Å². The molecule has 0 bridgehead atoms. The van der Waals surface area contributed by atoms with E-state index in [2.05, 4.69) is 89.5 Å². The van der Waals surface area contributed by atoms with Gasteiger partial charge in [0.15, 0.2) is 0 Å². The Labute approximate surface area is 214 Å². The molecule has 0 aliphatic rings. The molecule has 0 aliphatic heterocycles. The Morgan fingerprint density at radius 2 is 1.03 bits per heavy atom. The molecule has 2 heterocycles. The minimum Gasteiger partial charge on any atom is -0.497 e. The molecule has 5 aromatic carbocycles. The Balaban J connectivity index is 1.61. The number of hydrogen-bond donors (Lipinski definition) is 0. The van der Waals surface area contributed by atoms with E-state index in [4.69, 9.17) is 14.5 Å². The first kappa shape index (κ1) is 21.5. The van der Waals surface area contributed by atoms with Crippen LogP contribution in [0.3, 0.4) is 0 Å². The van der Waals surface area contributed by atoms with Crippen LogP contribution < -0.4 is 9.47 Å². The Hall–Kier alpha value is -4.83. The van der Waals surface area contributed by atoms with Crippen LogP contribution in [0, 0.1) is 0 Å². The zero-order chi connectivity index (χ0) is 24.9. The number of fused-ring (bicyclic) bond motifs is 7. The summed E-state index contributed by atoms with van der Waals surface area (Å²) in [6.07, 6.45) is 2.25. The molecule has 0 atom stereocenters. The molecular formula is C33H24N2O2. The molecule has 0 radical (unpaired) electrons. The van der Waals surface area contributed by atoms with Crippen molar-refractivity contribution < 1.29 is 9.47 Å². The van der Waals surface area contributed by atoms with Crippen LogP contribution in [0.5, 0.6) is 11.5 Å². The van der Waals surface area contributed by atoms with Crippen LogP contribution in [-0.4, -0.2) is 23.6 Å². The first-order valence-corrected chi connectivity index (χ1v) is 12.3. The van der Waals surface area contributed by atoms with Gasteiger partial charge in [0, 0.05) is 22.7 Å². The van der Waals surface area contributed by atoms with E-state index in [1.807, 2.05) is 24.3 Å². The van der Waals surface area contributed by atoms with Crippen molar-refractivity contribution in [2.75, 3.05) is 14.2 Å². The van der Waals surface area contributed by atoms with Crippen molar-refractivity contribution in [3.05, 3.63) is 109 Å². The minimum absolute atomic E-state index is 0.821. The number of imidazole rings is 1. The van der Waals surface area contributed by atoms with Crippen LogP contribution in [-0.2, 0) is 0 Å². The van der Waals surface area contributed by atoms with Gasteiger partial charge in [-0.1, -0.05) is 48.5 Å². The largest absolute Gasteiger partial charge is 0.497 e. The summed E-state index contributed by atoms with van der Waals surface area (Å²) in [7, 11) is 3.37. The zero-order valence-electron chi connectivity index (χ0n) is 20.6. The first-order valence-electron chi connectivity index (χ1n) is 12.3. The van der Waals surface area contributed by atoms with Crippen molar-refractivity contribution in [1.29, 1.82) is 0 Å². The Bertz CT molecular complexity index is 1930. The van der Waals surface area contributed by atoms with Crippen molar-refractivity contribution in [3.63, 3.8) is 0 Å². The Kier molecular flexibility index (Phi) is 4.86. The number of ether oxygens (including phenoxy) is 2. The molecule has 4 heteroatoms. The lowest BCUT2D eigenvalue weighted by Gasteiger charge is -2.12. The summed E-state index contributed by atoms with van der Waals surface area (Å²) in [5, 5.41) is 7.39. The molecule has 0 aliphatic carbocycles. The fourth-order valence-corrected chi connectivity index (χ4v) is 5.41. The van der Waals surface area contributed by atoms with Gasteiger partial charge in [0.1, 0.15) is 17.1 Å². The van der Waals surface area contributed by atoms with Crippen LogP contribution in [0.4, 0.5) is 0 Å². The average Bonchev–Trinajstić information content (AvgIpc) is 3.35. The van der Waals surface area contributed by atoms with Crippen LogP contribution in [0.25, 0.3) is 60.5 Å². The molecule has 0 spiro atoms. The van der Waals surface area contributed by atoms with Crippen LogP contribution in [0.2, 0.25) is 0 Å². The third-order valence-electron chi connectivity index (χ3n) is 7.21. The van der Waals surface area contributed by atoms with Gasteiger partial charge < -0.3 is 9.47 Å². The number of methoxy groups -OCH3 is 2. The van der Waals surface area contributed by atoms with Crippen molar-refractivity contribution in [2.45, 2.75) is 0 Å². The smallest absolute Gasteiger partial charge is 0.138 e. The summed E-state index contributed by atoms with van der Waals surface area (Å²) in [5.74, 6) is 1.65. The van der Waals surface area contributed by atoms with E-state index in [1.165, 1.54) is 32.3 Å². The summed E-state index contributed by atoms with van der Waals surface area (Å²) >= 11 is 0. The number of nitrogens with zero attached hydrogens (tertiary/aromatic N) is 2. The van der Waals surface area contributed by atoms with Gasteiger partial charge >= 0.3 is 0 Å². The van der Waals surface area contributed by atoms with Crippen molar-refractivity contribution in [1.82, 2.24) is 9.38 Å². The first-order chi connectivity index (χ1) is 18.2. The van der Waals surface area contributed by atoms with Crippen LogP contribution in [0.1, 0.15) is 0 Å². The van der Waals surface area contributed by atoms with Gasteiger partial charge in [0.2, 0.25) is 0 Å². The summed E-state index contributed by atoms with van der Waals surface area (Å²) in [5.41, 5.74) is 4.99. The second-order valence-electron chi connectivity index (χ2n) is 9.19. The molecule has 0 saturated heterocycles. The highest BCUT2D eigenvalue weighted by Gasteiger charge is 2.18. The Morgan fingerprint density at radius 1 is 0.541 bits per heavy atom. The van der Waals surface area contributed by atoms with E-state index < -0.39 is 0 Å². The summed E-state index contributed by atoms with van der Waals surface area (Å²) < 4.78 is 13.1. The van der Waals surface area contributed by atoms with Gasteiger partial charge in [0.05, 0.1) is 25.6 Å². The van der Waals surface area contributed by atoms with Gasteiger partial charge in [-0.2, -0.15) is 0 Å². The highest BCUT2D eigenvalue weighted by atomic mass is 16.5. The molecular weight excluding hydrogens is 456 g/mol. The predicted octanol–water partition coefficient (Wildman–Crippen LogP) is 8.15. The minimum atomic E-state index is 0.821. The lowest BCUT2D eigenvalue weighted by atomic mass is 9.95. The van der Waals surface area contributed by atoms with E-state index in [9.17, 15) is 0 Å². The molecule has 0 amide bonds. The predicted molar refractivity (Wildman–Crippen MR) is 152 cm³/mol. The van der Waals surface area contributed by atoms with E-state index in [-0.39, 0.29) is 0 Å². The zero-order valence-corrected chi connectivity index (χ0v) is 20.6. The lowest BCUT2D eigenvalue weighted by molar-refractivity contribution is 0.414. The van der Waals surface area contributed by atoms with E-state index >= 15 is 0 Å². The van der Waals surface area contributed by atoms with Crippen molar-refractivity contribution in [3.8, 4) is 34.0 Å². The maximum atomic E-state index is 5.42. The SMILES string of the molecule is COc1ccc(-c2nc3cc4c5ccccc5c5ccccc5c4cn3c2-c2ccc(OC)cc2)cc1. The van der Waals surface area contributed by atoms with Gasteiger partial charge in [-0.05, 0) is 81.5 Å². The second-order valence-corrected chi connectivity index (χ2v) is 9.19. The summed E-state index contributed by atoms with van der Waals surface area (Å²) in [6, 6.07) is 35.8. The second kappa shape index (κ2) is 8.38. The third-order valence-corrected chi connectivity index (χ3v) is 7.21. The van der Waals surface area contributed by atoms with Gasteiger partial charge in [0.25, 0.3) is 0 Å². The van der Waals surface area contributed by atoms with E-state index in [0.717, 1.165) is 39.7 Å². The summed E-state index contributed by atoms with van der Waals surface area (Å²) in [4.78, 5) is 5.19. The molecule has 2 aromatic heterocycles. The Morgan fingerprint density at radius 3 is 1.57 bits per heavy atom. The fraction of sp³-hybridized carbons (Fsp3) is 0.0606. The standard InChI is InChI=1S/C33H24N2O2/c1-36-23-15-11-21(12-16-23)32-33(22-13-17-24(37-2)18-14-22)35-20-30-28-10-6-4-8-26(28)25-7-3-5-9-27(25)29(30)19-31(35)34-32/h3-20H,1-2H3. The molecule has 7 aromatic rings. The lowest BCUT2D eigenvalue weighted by Crippen LogP contribution is -1.92. The normalized spacial score (nSPS) is 11.5. The van der Waals surface area contributed by atoms with Crippen LogP contribution in [0.15, 0.2) is 109 Å². The highest BCUT2D eigenvalue weighted by Crippen LogP contribution is 2.39. The van der Waals surface area contributed by atoms with Gasteiger partial charge in [-0.25, -0.2) is 4.98 Å². The molecule has 4 nitrogen and oxygen atoms in total. The molecule has 7 rings (SSSR count). The third kappa shape index (κ3) is 3.34. The number of rotatable bonds is 4. The molecule has 178 valence electrons. The quantitative estimate of drug-likeness (QED) is 0.239. The number of aromatic nitrogens is 2. The fourth-order valence-electron chi connectivity index (χ4n) is 5.41. The topological polar surface area (TPSA) is 35.8 Å². The molecule has 0 saturated carbocycles. The molecule has 0 fully saturated rings. The van der Waals surface area contributed by atoms with Crippen molar-refractivity contribution >= 4 is 38.0 Å².